The summed E-state index contributed by atoms with van der Waals surface area (Å²) in [6.45, 7) is 1.79. The number of carboxylic acids is 1. The zero-order valence-corrected chi connectivity index (χ0v) is 21.1. The molecule has 0 spiro atoms. The van der Waals surface area contributed by atoms with Crippen molar-refractivity contribution in [1.82, 2.24) is 4.90 Å². The SMILES string of the molecule is Cc1cc([C@H]2C3=CC[C@@H]4C(=O)N(CCCC(=O)O)C(=O)[C@@H]4[C@@H]3CC3=C2C(=O)C=C(Br)C3=O)ccc1O. The van der Waals surface area contributed by atoms with E-state index in [-0.39, 0.29) is 59.4 Å². The van der Waals surface area contributed by atoms with Gasteiger partial charge in [0.25, 0.3) is 0 Å². The van der Waals surface area contributed by atoms with Gasteiger partial charge in [0.15, 0.2) is 11.6 Å². The number of phenolic OH excluding ortho intramolecular Hbond substituents is 1. The molecule has 1 aromatic carbocycles. The van der Waals surface area contributed by atoms with Gasteiger partial charge in [0.05, 0.1) is 16.3 Å². The minimum absolute atomic E-state index is 0.0409. The molecular weight excluding hydrogens is 530 g/mol. The van der Waals surface area contributed by atoms with Gasteiger partial charge in [-0.15, -0.1) is 0 Å². The first-order valence-electron chi connectivity index (χ1n) is 11.9. The van der Waals surface area contributed by atoms with Crippen molar-refractivity contribution in [3.05, 3.63) is 62.7 Å². The lowest BCUT2D eigenvalue weighted by Gasteiger charge is -2.42. The minimum atomic E-state index is -0.992. The summed E-state index contributed by atoms with van der Waals surface area (Å²) in [6.07, 6.45) is 3.74. The number of aromatic hydroxyl groups is 1. The molecule has 0 bridgehead atoms. The van der Waals surface area contributed by atoms with Crippen LogP contribution in [0, 0.1) is 24.7 Å². The second-order valence-corrected chi connectivity index (χ2v) is 10.6. The van der Waals surface area contributed by atoms with E-state index in [1.54, 1.807) is 25.1 Å². The number of benzene rings is 1. The van der Waals surface area contributed by atoms with E-state index in [0.29, 0.717) is 23.1 Å². The number of carbonyl (C=O) groups is 5. The second kappa shape index (κ2) is 8.96. The lowest BCUT2D eigenvalue weighted by molar-refractivity contribution is -0.142. The minimum Gasteiger partial charge on any atom is -0.508 e. The Kier molecular flexibility index (Phi) is 6.06. The first kappa shape index (κ1) is 24.4. The molecule has 1 fully saturated rings. The van der Waals surface area contributed by atoms with Crippen LogP contribution in [0.25, 0.3) is 0 Å². The Bertz CT molecular complexity index is 1340. The number of imide groups is 1. The summed E-state index contributed by atoms with van der Waals surface area (Å²) < 4.78 is 0.163. The molecule has 0 radical (unpaired) electrons. The number of hydrogen-bond donors (Lipinski definition) is 2. The molecule has 1 saturated heterocycles. The first-order chi connectivity index (χ1) is 17.1. The molecule has 186 valence electrons. The number of halogens is 1. The van der Waals surface area contributed by atoms with Crippen molar-refractivity contribution in [3.8, 4) is 5.75 Å². The molecule has 5 rings (SSSR count). The van der Waals surface area contributed by atoms with Crippen molar-refractivity contribution in [2.45, 2.75) is 38.5 Å². The first-order valence-corrected chi connectivity index (χ1v) is 12.6. The maximum atomic E-state index is 13.5. The smallest absolute Gasteiger partial charge is 0.303 e. The van der Waals surface area contributed by atoms with Crippen molar-refractivity contribution in [1.29, 1.82) is 0 Å². The maximum absolute atomic E-state index is 13.5. The molecule has 0 aromatic heterocycles. The number of carboxylic acid groups (broad SMARTS) is 1. The Morgan fingerprint density at radius 3 is 2.58 bits per heavy atom. The number of phenols is 1. The van der Waals surface area contributed by atoms with Gasteiger partial charge in [-0.1, -0.05) is 23.8 Å². The summed E-state index contributed by atoms with van der Waals surface area (Å²) in [5, 5.41) is 19.0. The molecule has 8 nitrogen and oxygen atoms in total. The van der Waals surface area contributed by atoms with Gasteiger partial charge < -0.3 is 10.2 Å². The van der Waals surface area contributed by atoms with E-state index in [4.69, 9.17) is 5.11 Å². The number of rotatable bonds is 5. The van der Waals surface area contributed by atoms with Gasteiger partial charge in [-0.2, -0.15) is 0 Å². The molecule has 36 heavy (non-hydrogen) atoms. The summed E-state index contributed by atoms with van der Waals surface area (Å²) in [6, 6.07) is 5.05. The van der Waals surface area contributed by atoms with Crippen LogP contribution in [-0.4, -0.2) is 51.0 Å². The number of Topliss-reactive ketones (excluding diaryl/α,β-unsaturated/α-hetero) is 1. The van der Waals surface area contributed by atoms with Crippen molar-refractivity contribution < 1.29 is 34.2 Å². The molecule has 2 N–H and O–H groups in total. The van der Waals surface area contributed by atoms with Gasteiger partial charge in [0, 0.05) is 36.1 Å². The topological polar surface area (TPSA) is 129 Å². The van der Waals surface area contributed by atoms with Crippen LogP contribution in [-0.2, 0) is 24.0 Å². The van der Waals surface area contributed by atoms with E-state index in [0.717, 1.165) is 11.1 Å². The zero-order chi connectivity index (χ0) is 25.9. The zero-order valence-electron chi connectivity index (χ0n) is 19.5. The third-order valence-electron chi connectivity index (χ3n) is 7.75. The van der Waals surface area contributed by atoms with E-state index >= 15 is 0 Å². The summed E-state index contributed by atoms with van der Waals surface area (Å²) in [5.41, 5.74) is 2.91. The van der Waals surface area contributed by atoms with Crippen LogP contribution >= 0.6 is 15.9 Å². The predicted octanol–water partition coefficient (Wildman–Crippen LogP) is 3.33. The van der Waals surface area contributed by atoms with Crippen LogP contribution in [0.15, 0.2) is 51.6 Å². The lowest BCUT2D eigenvalue weighted by Crippen LogP contribution is -2.39. The second-order valence-electron chi connectivity index (χ2n) is 9.76. The van der Waals surface area contributed by atoms with Gasteiger partial charge in [-0.25, -0.2) is 0 Å². The molecule has 1 aromatic rings. The molecular formula is C27H24BrNO7. The number of allylic oxidation sites excluding steroid dienone is 6. The van der Waals surface area contributed by atoms with E-state index in [9.17, 15) is 29.1 Å². The summed E-state index contributed by atoms with van der Waals surface area (Å²) in [5.74, 6) is -4.39. The number of aryl methyl sites for hydroxylation is 1. The molecule has 0 saturated carbocycles. The van der Waals surface area contributed by atoms with E-state index in [2.05, 4.69) is 15.9 Å². The normalized spacial score (nSPS) is 27.4. The third kappa shape index (κ3) is 3.77. The van der Waals surface area contributed by atoms with Crippen molar-refractivity contribution in [2.24, 2.45) is 17.8 Å². The average molecular weight is 554 g/mol. The lowest BCUT2D eigenvalue weighted by atomic mass is 9.59. The van der Waals surface area contributed by atoms with Crippen LogP contribution in [0.5, 0.6) is 5.75 Å². The van der Waals surface area contributed by atoms with Gasteiger partial charge in [0.2, 0.25) is 11.8 Å². The highest BCUT2D eigenvalue weighted by molar-refractivity contribution is 9.12. The Hall–Kier alpha value is -3.33. The maximum Gasteiger partial charge on any atom is 0.303 e. The van der Waals surface area contributed by atoms with E-state index in [1.807, 2.05) is 6.08 Å². The number of ketones is 2. The van der Waals surface area contributed by atoms with Crippen LogP contribution in [0.1, 0.15) is 42.7 Å². The Labute approximate surface area is 215 Å². The third-order valence-corrected chi connectivity index (χ3v) is 8.34. The highest BCUT2D eigenvalue weighted by Gasteiger charge is 2.56. The Morgan fingerprint density at radius 1 is 1.14 bits per heavy atom. The van der Waals surface area contributed by atoms with Crippen LogP contribution in [0.3, 0.4) is 0 Å². The number of nitrogens with zero attached hydrogens (tertiary/aromatic N) is 1. The number of amides is 2. The molecule has 3 aliphatic carbocycles. The number of carbonyl (C=O) groups excluding carboxylic acids is 4. The van der Waals surface area contributed by atoms with Crippen LogP contribution in [0.4, 0.5) is 0 Å². The van der Waals surface area contributed by atoms with Gasteiger partial charge in [-0.05, 0) is 65.2 Å². The standard InChI is InChI=1S/C27H24BrNO7/c1-12-9-13(4-7-19(12)30)22-14-5-6-15-23(27(36)29(26(15)35)8-2-3-21(32)33)16(14)10-17-24(22)20(31)11-18(28)25(17)34/h4-5,7,9,11,15-16,22-23,30H,2-3,6,8,10H2,1H3,(H,32,33)/t15-,16+,22-,23-/m0/s1. The van der Waals surface area contributed by atoms with E-state index < -0.39 is 29.6 Å². The summed E-state index contributed by atoms with van der Waals surface area (Å²) >= 11 is 3.20. The summed E-state index contributed by atoms with van der Waals surface area (Å²) in [7, 11) is 0. The van der Waals surface area contributed by atoms with Crippen molar-refractivity contribution >= 4 is 45.3 Å². The van der Waals surface area contributed by atoms with Crippen molar-refractivity contribution in [2.75, 3.05) is 6.54 Å². The molecule has 1 heterocycles. The Morgan fingerprint density at radius 2 is 1.89 bits per heavy atom. The van der Waals surface area contributed by atoms with E-state index in [1.165, 1.54) is 11.0 Å². The number of fused-ring (bicyclic) bond motifs is 3. The van der Waals surface area contributed by atoms with Gasteiger partial charge in [-0.3, -0.25) is 28.9 Å². The van der Waals surface area contributed by atoms with Crippen LogP contribution in [0.2, 0.25) is 0 Å². The molecule has 9 heteroatoms. The number of hydrogen-bond acceptors (Lipinski definition) is 6. The highest BCUT2D eigenvalue weighted by Crippen LogP contribution is 2.55. The fraction of sp³-hybridized carbons (Fsp3) is 0.370. The average Bonchev–Trinajstić information content (AvgIpc) is 3.08. The quantitative estimate of drug-likeness (QED) is 0.325. The van der Waals surface area contributed by atoms with Crippen LogP contribution < -0.4 is 0 Å². The fourth-order valence-electron chi connectivity index (χ4n) is 6.12. The van der Waals surface area contributed by atoms with Gasteiger partial charge in [0.1, 0.15) is 5.75 Å². The van der Waals surface area contributed by atoms with Crippen molar-refractivity contribution in [3.63, 3.8) is 0 Å². The molecule has 4 atom stereocenters. The number of likely N-dealkylation sites (tertiary alicyclic amines) is 1. The molecule has 4 aliphatic rings. The monoisotopic (exact) mass is 553 g/mol. The molecule has 2 amide bonds. The van der Waals surface area contributed by atoms with Gasteiger partial charge >= 0.3 is 5.97 Å². The largest absolute Gasteiger partial charge is 0.508 e. The predicted molar refractivity (Wildman–Crippen MR) is 131 cm³/mol. The molecule has 0 unspecified atom stereocenters. The summed E-state index contributed by atoms with van der Waals surface area (Å²) in [4.78, 5) is 65.1. The fourth-order valence-corrected chi connectivity index (χ4v) is 6.57. The Balaban J connectivity index is 1.58. The number of aliphatic carboxylic acids is 1. The molecule has 1 aliphatic heterocycles. The highest BCUT2D eigenvalue weighted by atomic mass is 79.9.